The van der Waals surface area contributed by atoms with Gasteiger partial charge in [-0.1, -0.05) is 0 Å². The lowest BCUT2D eigenvalue weighted by Crippen LogP contribution is -2.40. The number of esters is 1. The molecular formula is C13H15F2NO2. The second-order valence-corrected chi connectivity index (χ2v) is 4.43. The van der Waals surface area contributed by atoms with Gasteiger partial charge in [-0.25, -0.2) is 8.78 Å². The molecule has 1 saturated heterocycles. The summed E-state index contributed by atoms with van der Waals surface area (Å²) in [5.41, 5.74) is 0.518. The van der Waals surface area contributed by atoms with Crippen LogP contribution in [0.5, 0.6) is 0 Å². The Bertz CT molecular complexity index is 430. The summed E-state index contributed by atoms with van der Waals surface area (Å²) in [6.45, 7) is 1.19. The van der Waals surface area contributed by atoms with Crippen LogP contribution < -0.4 is 5.32 Å². The first-order chi connectivity index (χ1) is 8.61. The molecule has 0 amide bonds. The smallest absolute Gasteiger partial charge is 0.310 e. The third kappa shape index (κ3) is 2.67. The number of ether oxygens (including phenoxy) is 1. The summed E-state index contributed by atoms with van der Waals surface area (Å²) in [6, 6.07) is 3.40. The van der Waals surface area contributed by atoms with E-state index in [1.165, 1.54) is 19.2 Å². The van der Waals surface area contributed by atoms with E-state index in [2.05, 4.69) is 5.32 Å². The van der Waals surface area contributed by atoms with Crippen LogP contribution in [0.1, 0.15) is 17.9 Å². The average molecular weight is 255 g/mol. The third-order valence-electron chi connectivity index (χ3n) is 3.30. The van der Waals surface area contributed by atoms with Gasteiger partial charge < -0.3 is 10.1 Å². The molecule has 1 aliphatic heterocycles. The maximum absolute atomic E-state index is 13.2. The molecule has 1 aromatic rings. The Morgan fingerprint density at radius 2 is 2.00 bits per heavy atom. The molecule has 5 heteroatoms. The molecule has 0 saturated carbocycles. The Hall–Kier alpha value is -1.49. The van der Waals surface area contributed by atoms with E-state index in [1.54, 1.807) is 0 Å². The molecule has 0 spiro atoms. The van der Waals surface area contributed by atoms with Crippen molar-refractivity contribution in [3.8, 4) is 0 Å². The number of methoxy groups -OCH3 is 1. The van der Waals surface area contributed by atoms with Gasteiger partial charge in [-0.05, 0) is 36.6 Å². The largest absolute Gasteiger partial charge is 0.469 e. The maximum atomic E-state index is 13.2. The molecule has 1 aromatic carbocycles. The van der Waals surface area contributed by atoms with E-state index in [4.69, 9.17) is 4.74 Å². The van der Waals surface area contributed by atoms with E-state index in [0.717, 1.165) is 12.6 Å². The van der Waals surface area contributed by atoms with Crippen molar-refractivity contribution in [2.75, 3.05) is 20.2 Å². The van der Waals surface area contributed by atoms with E-state index in [-0.39, 0.29) is 11.9 Å². The highest BCUT2D eigenvalue weighted by atomic mass is 19.1. The fourth-order valence-electron chi connectivity index (χ4n) is 2.45. The lowest BCUT2D eigenvalue weighted by Gasteiger charge is -2.30. The number of hydrogen-bond donors (Lipinski definition) is 1. The Morgan fingerprint density at radius 3 is 2.61 bits per heavy atom. The van der Waals surface area contributed by atoms with Crippen molar-refractivity contribution in [3.63, 3.8) is 0 Å². The first kappa shape index (κ1) is 13.0. The normalized spacial score (nSPS) is 23.7. The predicted octanol–water partition coefficient (Wildman–Crippen LogP) is 1.83. The first-order valence-corrected chi connectivity index (χ1v) is 5.86. The lowest BCUT2D eigenvalue weighted by molar-refractivity contribution is -0.146. The molecule has 1 aliphatic rings. The molecule has 1 heterocycles. The average Bonchev–Trinajstić information content (AvgIpc) is 2.36. The highest BCUT2D eigenvalue weighted by Crippen LogP contribution is 2.31. The number of benzene rings is 1. The molecule has 0 bridgehead atoms. The van der Waals surface area contributed by atoms with Crippen molar-refractivity contribution in [1.29, 1.82) is 0 Å². The van der Waals surface area contributed by atoms with Crippen molar-refractivity contribution in [3.05, 3.63) is 35.4 Å². The van der Waals surface area contributed by atoms with Crippen molar-refractivity contribution in [1.82, 2.24) is 5.32 Å². The van der Waals surface area contributed by atoms with E-state index in [1.807, 2.05) is 0 Å². The van der Waals surface area contributed by atoms with Crippen LogP contribution in [-0.2, 0) is 9.53 Å². The van der Waals surface area contributed by atoms with E-state index in [0.29, 0.717) is 18.5 Å². The quantitative estimate of drug-likeness (QED) is 0.819. The molecule has 2 rings (SSSR count). The van der Waals surface area contributed by atoms with Crippen LogP contribution >= 0.6 is 0 Å². The molecule has 0 radical (unpaired) electrons. The predicted molar refractivity (Wildman–Crippen MR) is 62.1 cm³/mol. The maximum Gasteiger partial charge on any atom is 0.310 e. The number of nitrogens with one attached hydrogen (secondary N) is 1. The number of carbonyl (C=O) groups is 1. The summed E-state index contributed by atoms with van der Waals surface area (Å²) in [5, 5.41) is 3.09. The van der Waals surface area contributed by atoms with Crippen molar-refractivity contribution in [2.45, 2.75) is 12.3 Å². The van der Waals surface area contributed by atoms with Crippen LogP contribution in [-0.4, -0.2) is 26.2 Å². The van der Waals surface area contributed by atoms with E-state index >= 15 is 0 Å². The van der Waals surface area contributed by atoms with Gasteiger partial charge >= 0.3 is 5.97 Å². The second-order valence-electron chi connectivity index (χ2n) is 4.43. The minimum Gasteiger partial charge on any atom is -0.469 e. The summed E-state index contributed by atoms with van der Waals surface area (Å²) >= 11 is 0. The van der Waals surface area contributed by atoms with Crippen LogP contribution in [0.3, 0.4) is 0 Å². The fraction of sp³-hybridized carbons (Fsp3) is 0.462. The number of hydrogen-bond acceptors (Lipinski definition) is 3. The lowest BCUT2D eigenvalue weighted by atomic mass is 9.81. The van der Waals surface area contributed by atoms with E-state index in [9.17, 15) is 13.6 Å². The van der Waals surface area contributed by atoms with Gasteiger partial charge in [0.2, 0.25) is 0 Å². The SMILES string of the molecule is COC(=O)[C@@H]1CNCC[C@@H]1c1cc(F)cc(F)c1. The molecule has 0 unspecified atom stereocenters. The van der Waals surface area contributed by atoms with Crippen LogP contribution in [0.4, 0.5) is 8.78 Å². The van der Waals surface area contributed by atoms with Gasteiger partial charge in [0, 0.05) is 12.6 Å². The van der Waals surface area contributed by atoms with Gasteiger partial charge in [0.05, 0.1) is 13.0 Å². The number of piperidine rings is 1. The van der Waals surface area contributed by atoms with E-state index < -0.39 is 17.6 Å². The Balaban J connectivity index is 2.30. The summed E-state index contributed by atoms with van der Waals surface area (Å²) in [4.78, 5) is 11.7. The van der Waals surface area contributed by atoms with Crippen molar-refractivity contribution in [2.24, 2.45) is 5.92 Å². The highest BCUT2D eigenvalue weighted by molar-refractivity contribution is 5.74. The standard InChI is InChI=1S/C13H15F2NO2/c1-18-13(17)12-7-16-3-2-11(12)8-4-9(14)6-10(15)5-8/h4-6,11-12,16H,2-3,7H2,1H3/t11-,12-/m1/s1. The zero-order valence-corrected chi connectivity index (χ0v) is 10.1. The minimum absolute atomic E-state index is 0.205. The van der Waals surface area contributed by atoms with Gasteiger partial charge in [-0.15, -0.1) is 0 Å². The Morgan fingerprint density at radius 1 is 1.33 bits per heavy atom. The zero-order valence-electron chi connectivity index (χ0n) is 10.1. The van der Waals surface area contributed by atoms with Crippen LogP contribution in [0.2, 0.25) is 0 Å². The Labute approximate surface area is 104 Å². The molecule has 0 aromatic heterocycles. The van der Waals surface area contributed by atoms with Crippen molar-refractivity contribution < 1.29 is 18.3 Å². The number of carbonyl (C=O) groups excluding carboxylic acids is 1. The van der Waals surface area contributed by atoms with Gasteiger partial charge in [-0.2, -0.15) is 0 Å². The van der Waals surface area contributed by atoms with Gasteiger partial charge in [0.25, 0.3) is 0 Å². The molecule has 1 N–H and O–H groups in total. The number of rotatable bonds is 2. The molecule has 1 fully saturated rings. The summed E-state index contributed by atoms with van der Waals surface area (Å²) in [5.74, 6) is -2.19. The highest BCUT2D eigenvalue weighted by Gasteiger charge is 2.33. The molecule has 0 aliphatic carbocycles. The first-order valence-electron chi connectivity index (χ1n) is 5.86. The molecule has 18 heavy (non-hydrogen) atoms. The summed E-state index contributed by atoms with van der Waals surface area (Å²) in [7, 11) is 1.32. The zero-order chi connectivity index (χ0) is 13.1. The van der Waals surface area contributed by atoms with Crippen molar-refractivity contribution >= 4 is 5.97 Å². The topological polar surface area (TPSA) is 38.3 Å². The fourth-order valence-corrected chi connectivity index (χ4v) is 2.45. The van der Waals surface area contributed by atoms with Crippen LogP contribution in [0, 0.1) is 17.6 Å². The third-order valence-corrected chi connectivity index (χ3v) is 3.30. The van der Waals surface area contributed by atoms with Gasteiger partial charge in [0.15, 0.2) is 0 Å². The van der Waals surface area contributed by atoms with Crippen LogP contribution in [0.15, 0.2) is 18.2 Å². The summed E-state index contributed by atoms with van der Waals surface area (Å²) in [6.07, 6.45) is 0.655. The van der Waals surface area contributed by atoms with Gasteiger partial charge in [0.1, 0.15) is 11.6 Å². The van der Waals surface area contributed by atoms with Gasteiger partial charge in [-0.3, -0.25) is 4.79 Å². The molecule has 98 valence electrons. The molecular weight excluding hydrogens is 240 g/mol. The Kier molecular flexibility index (Phi) is 3.91. The van der Waals surface area contributed by atoms with Crippen LogP contribution in [0.25, 0.3) is 0 Å². The number of halogens is 2. The minimum atomic E-state index is -0.618. The summed E-state index contributed by atoms with van der Waals surface area (Å²) < 4.78 is 31.2. The molecule has 3 nitrogen and oxygen atoms in total. The molecule has 2 atom stereocenters. The monoisotopic (exact) mass is 255 g/mol. The second kappa shape index (κ2) is 5.44.